The van der Waals surface area contributed by atoms with Gasteiger partial charge in [0.25, 0.3) is 8.53 Å². The molecule has 0 bridgehead atoms. The van der Waals surface area contributed by atoms with Crippen molar-refractivity contribution in [1.82, 2.24) is 46.8 Å². The normalized spacial score (nSPS) is 24.3. The van der Waals surface area contributed by atoms with Gasteiger partial charge in [-0.05, 0) is 77.8 Å². The Kier molecular flexibility index (Phi) is 50.1. The number of carbonyl (C=O) groups excluding carboxylic acids is 15. The topological polar surface area (TPSA) is 575 Å². The maximum absolute atomic E-state index is 15.1. The summed E-state index contributed by atoms with van der Waals surface area (Å²) in [6, 6.07) is 5.43. The van der Waals surface area contributed by atoms with Crippen molar-refractivity contribution in [1.29, 1.82) is 5.26 Å². The Morgan fingerprint density at radius 1 is 0.511 bits per heavy atom. The zero-order valence-corrected chi connectivity index (χ0v) is 78.1. The largest absolute Gasteiger partial charge is 0.463 e. The first-order valence-corrected chi connectivity index (χ1v) is 44.4. The van der Waals surface area contributed by atoms with Crippen molar-refractivity contribution in [2.45, 2.75) is 272 Å². The van der Waals surface area contributed by atoms with E-state index in [2.05, 4.69) is 75.7 Å². The number of nitrogens with zero attached hydrogens (tertiary/aromatic N) is 3. The molecule has 738 valence electrons. The summed E-state index contributed by atoms with van der Waals surface area (Å²) in [4.78, 5) is 195. The average Bonchev–Trinajstić information content (AvgIpc) is 0.756. The summed E-state index contributed by atoms with van der Waals surface area (Å²) in [5.74, 6) is -11.0. The third-order valence-corrected chi connectivity index (χ3v) is 22.1. The maximum Gasteiger partial charge on any atom is 0.303 e. The summed E-state index contributed by atoms with van der Waals surface area (Å²) >= 11 is 0. The minimum Gasteiger partial charge on any atom is -0.463 e. The SMILES string of the molecule is CC(=O)N[C@@H]1C(OCCOCCNC(=O)C(Cc2ccc(CNC(=O)[C@H]3CC[C@@H](OP(OCCC#N)N(C(C)C)C(C)C)CC3)cc2)N(CC(=O)NCCOCCOC2OC(COC(C)=O)C(OC(C)=O)C(OC(C)=O)C2NC(C)O)CC(=O)NCCOCCOC2(NC(C)=O)COC(COC(C)=O)C(OC(C)=O)C2OC(C)=O)OC(COC(C)=O)C(OC(C)=O)C1OC(C)=O. The molecule has 6 amide bonds. The van der Waals surface area contributed by atoms with Gasteiger partial charge in [-0.15, -0.1) is 0 Å². The number of benzene rings is 1. The van der Waals surface area contributed by atoms with Crippen molar-refractivity contribution in [2.75, 3.05) is 125 Å². The highest BCUT2D eigenvalue weighted by atomic mass is 31.2. The van der Waals surface area contributed by atoms with Gasteiger partial charge < -0.3 is 131 Å². The summed E-state index contributed by atoms with van der Waals surface area (Å²) in [7, 11) is -1.49. The lowest BCUT2D eigenvalue weighted by atomic mass is 9.87. The van der Waals surface area contributed by atoms with Crippen LogP contribution in [0, 0.1) is 17.2 Å². The molecular formula is C84H131N10O36P. The Balaban J connectivity index is 1.40. The first kappa shape index (κ1) is 112. The Morgan fingerprint density at radius 2 is 0.962 bits per heavy atom. The van der Waals surface area contributed by atoms with Gasteiger partial charge >= 0.3 is 53.7 Å². The maximum atomic E-state index is 15.1. The van der Waals surface area contributed by atoms with Gasteiger partial charge in [0.2, 0.25) is 41.2 Å². The quantitative estimate of drug-likeness (QED) is 0.0135. The van der Waals surface area contributed by atoms with E-state index < -0.39 is 229 Å². The molecule has 46 nitrogen and oxygen atoms in total. The number of carbonyl (C=O) groups is 15. The molecule has 131 heavy (non-hydrogen) atoms. The number of hydrogen-bond acceptors (Lipinski definition) is 40. The van der Waals surface area contributed by atoms with Crippen molar-refractivity contribution < 1.29 is 171 Å². The van der Waals surface area contributed by atoms with E-state index in [0.717, 1.165) is 69.2 Å². The Morgan fingerprint density at radius 3 is 1.42 bits per heavy atom. The van der Waals surface area contributed by atoms with Crippen molar-refractivity contribution in [2.24, 2.45) is 5.92 Å². The van der Waals surface area contributed by atoms with Crippen LogP contribution in [-0.4, -0.2) is 345 Å². The number of aliphatic hydroxyl groups is 1. The number of nitriles is 1. The molecule has 1 aromatic rings. The van der Waals surface area contributed by atoms with Crippen LogP contribution >= 0.6 is 8.53 Å². The monoisotopic (exact) mass is 1890 g/mol. The van der Waals surface area contributed by atoms with E-state index in [0.29, 0.717) is 36.8 Å². The number of hydrogen-bond donors (Lipinski definition) is 8. The molecular weight excluding hydrogens is 1760 g/mol. The molecule has 1 aliphatic carbocycles. The van der Waals surface area contributed by atoms with E-state index in [9.17, 15) is 77.5 Å². The van der Waals surface area contributed by atoms with Gasteiger partial charge in [0, 0.05) is 120 Å². The highest BCUT2D eigenvalue weighted by Crippen LogP contribution is 2.49. The van der Waals surface area contributed by atoms with Crippen LogP contribution in [0.5, 0.6) is 0 Å². The Hall–Kier alpha value is -9.41. The van der Waals surface area contributed by atoms with Crippen LogP contribution in [-0.2, 0) is 179 Å². The fourth-order valence-electron chi connectivity index (χ4n) is 14.7. The molecule has 0 radical (unpaired) electrons. The zero-order valence-electron chi connectivity index (χ0n) is 77.2. The van der Waals surface area contributed by atoms with Crippen molar-refractivity contribution >= 4 is 97.7 Å². The molecule has 16 unspecified atom stereocenters. The highest BCUT2D eigenvalue weighted by molar-refractivity contribution is 7.44. The molecule has 17 atom stereocenters. The summed E-state index contributed by atoms with van der Waals surface area (Å²) in [6.07, 6.45) is -14.1. The van der Waals surface area contributed by atoms with Gasteiger partial charge in [0.05, 0.1) is 110 Å². The lowest BCUT2D eigenvalue weighted by Gasteiger charge is -2.48. The molecule has 47 heteroatoms. The molecule has 4 aliphatic rings. The van der Waals surface area contributed by atoms with Crippen LogP contribution in [0.25, 0.3) is 0 Å². The van der Waals surface area contributed by atoms with Crippen LogP contribution in [0.4, 0.5) is 0 Å². The molecule has 1 saturated carbocycles. The molecule has 4 fully saturated rings. The van der Waals surface area contributed by atoms with Gasteiger partial charge in [0.15, 0.2) is 49.2 Å². The van der Waals surface area contributed by atoms with Crippen LogP contribution in [0.3, 0.4) is 0 Å². The van der Waals surface area contributed by atoms with Gasteiger partial charge in [-0.25, -0.2) is 4.67 Å². The summed E-state index contributed by atoms with van der Waals surface area (Å²) in [6.45, 7) is 16.4. The Labute approximate surface area is 762 Å². The zero-order chi connectivity index (χ0) is 97.0. The standard InChI is InChI=1S/C84H131N10O36P/c1-48(2)94(49(3)4)131(121-30-17-26-85)130-65-24-22-64(23-25-65)80(109)89-41-63-20-18-62(19-21-63)40-66(81(110)88-29-33-112-35-38-115-83-73(91-51(6)96)78(126-60(15)105)75(123-57(12)102)69(129-83)46-118-55(10)100)93(42-70(107)86-27-31-111-34-37-114-82-72(90-50(5)95)77(125-59(14)104)74(122-56(11)101)68(128-82)45-117-54(9)99)43-71(108)87-28-32-113-36-39-120-84(92-52(7)97)47-119-67(44-116-53(8)98)76(124-58(13)103)79(84)127-61(16)106/h18-21,48-50,64-69,72-79,82-83,90,95H,17,22-25,27-47H2,1-16H3,(H,86,107)(H,87,108)(H,88,110)(H,89,109)(H,91,96)(H,92,97)/t50?,64-,65+,66?,67?,68?,69?,72?,73-,74?,75?,76?,77?,78?,79?,82?,83?,84?,131?/m0/s1. The number of nitrogens with one attached hydrogen (secondary N) is 7. The summed E-state index contributed by atoms with van der Waals surface area (Å²) < 4.78 is 118. The number of amides is 6. The predicted octanol–water partition coefficient (Wildman–Crippen LogP) is -0.423. The van der Waals surface area contributed by atoms with Crippen LogP contribution in [0.15, 0.2) is 24.3 Å². The molecule has 0 aromatic heterocycles. The van der Waals surface area contributed by atoms with E-state index in [1.807, 2.05) is 0 Å². The molecule has 0 spiro atoms. The number of esters is 9. The van der Waals surface area contributed by atoms with E-state index in [-0.39, 0.29) is 135 Å². The molecule has 8 N–H and O–H groups in total. The van der Waals surface area contributed by atoms with Crippen LogP contribution in [0.1, 0.15) is 154 Å². The van der Waals surface area contributed by atoms with Gasteiger partial charge in [0.1, 0.15) is 56.4 Å². The predicted molar refractivity (Wildman–Crippen MR) is 452 cm³/mol. The molecule has 5 rings (SSSR count). The third kappa shape index (κ3) is 40.9. The van der Waals surface area contributed by atoms with Gasteiger partial charge in [-0.2, -0.15) is 5.26 Å². The smallest absolute Gasteiger partial charge is 0.303 e. The number of ether oxygens (including phenoxy) is 18. The summed E-state index contributed by atoms with van der Waals surface area (Å²) in [5.41, 5.74) is -0.787. The van der Waals surface area contributed by atoms with Crippen LogP contribution < -0.4 is 37.2 Å². The first-order valence-electron chi connectivity index (χ1n) is 43.2. The third-order valence-electron chi connectivity index (χ3n) is 19.9. The van der Waals surface area contributed by atoms with E-state index >= 15 is 4.79 Å². The number of aliphatic hydroxyl groups excluding tert-OH is 1. The second-order valence-corrected chi connectivity index (χ2v) is 33.0. The minimum absolute atomic E-state index is 0.101. The van der Waals surface area contributed by atoms with Gasteiger partial charge in [-0.3, -0.25) is 82.1 Å². The fourth-order valence-corrected chi connectivity index (χ4v) is 16.4. The first-order chi connectivity index (χ1) is 62.1. The minimum atomic E-state index is -2.00. The van der Waals surface area contributed by atoms with E-state index in [1.165, 1.54) is 18.7 Å². The molecule has 1 aromatic carbocycles. The van der Waals surface area contributed by atoms with Crippen LogP contribution in [0.2, 0.25) is 0 Å². The fraction of sp³-hybridized carbons (Fsp3) is 0.738. The van der Waals surface area contributed by atoms with E-state index in [4.69, 9.17) is 94.3 Å². The van der Waals surface area contributed by atoms with E-state index in [1.54, 1.807) is 24.3 Å². The Bertz CT molecular complexity index is 3890. The second-order valence-electron chi connectivity index (χ2n) is 31.6. The molecule has 3 saturated heterocycles. The molecule has 3 heterocycles. The second kappa shape index (κ2) is 58.6. The van der Waals surface area contributed by atoms with Crippen molar-refractivity contribution in [3.8, 4) is 6.07 Å². The van der Waals surface area contributed by atoms with Gasteiger partial charge in [-0.1, -0.05) is 24.3 Å². The lowest BCUT2D eigenvalue weighted by molar-refractivity contribution is -0.282. The summed E-state index contributed by atoms with van der Waals surface area (Å²) in [5, 5.41) is 39.1. The van der Waals surface area contributed by atoms with Crippen molar-refractivity contribution in [3.05, 3.63) is 35.4 Å². The van der Waals surface area contributed by atoms with Crippen molar-refractivity contribution in [3.63, 3.8) is 0 Å². The molecule has 3 aliphatic heterocycles. The number of rotatable bonds is 56. The average molecular weight is 1890 g/mol. The highest BCUT2D eigenvalue weighted by Gasteiger charge is 2.58. The lowest BCUT2D eigenvalue weighted by Crippen LogP contribution is -2.72.